The molecule has 1 atom stereocenters. The Bertz CT molecular complexity index is 328. The van der Waals surface area contributed by atoms with Gasteiger partial charge in [0.2, 0.25) is 0 Å². The lowest BCUT2D eigenvalue weighted by Crippen LogP contribution is -1.98. The van der Waals surface area contributed by atoms with Gasteiger partial charge in [-0.1, -0.05) is 0 Å². The van der Waals surface area contributed by atoms with E-state index in [0.717, 1.165) is 44.5 Å². The number of hydrogen-bond acceptors (Lipinski definition) is 3. The van der Waals surface area contributed by atoms with Crippen LogP contribution < -0.4 is 4.74 Å². The van der Waals surface area contributed by atoms with Gasteiger partial charge in [-0.3, -0.25) is 4.79 Å². The van der Waals surface area contributed by atoms with Crippen molar-refractivity contribution in [1.82, 2.24) is 0 Å². The molecule has 0 radical (unpaired) electrons. The monoisotopic (exact) mass is 220 g/mol. The zero-order valence-electron chi connectivity index (χ0n) is 9.22. The first-order valence-electron chi connectivity index (χ1n) is 5.68. The van der Waals surface area contributed by atoms with Crippen LogP contribution in [-0.4, -0.2) is 25.6 Å². The molecule has 2 rings (SSSR count). The summed E-state index contributed by atoms with van der Waals surface area (Å²) in [5.74, 6) is 0.827. The molecular formula is C13H16O3. The maximum atomic E-state index is 10.4. The Balaban J connectivity index is 1.61. The Morgan fingerprint density at radius 1 is 1.31 bits per heavy atom. The van der Waals surface area contributed by atoms with Crippen molar-refractivity contribution in [2.24, 2.45) is 0 Å². The van der Waals surface area contributed by atoms with E-state index in [1.54, 1.807) is 12.1 Å². The summed E-state index contributed by atoms with van der Waals surface area (Å²) >= 11 is 0. The normalized spacial score (nSPS) is 18.1. The van der Waals surface area contributed by atoms with Gasteiger partial charge in [-0.25, -0.2) is 0 Å². The second-order valence-corrected chi connectivity index (χ2v) is 3.99. The fourth-order valence-corrected chi connectivity index (χ4v) is 1.54. The summed E-state index contributed by atoms with van der Waals surface area (Å²) in [5.41, 5.74) is 0.679. The first kappa shape index (κ1) is 11.1. The fourth-order valence-electron chi connectivity index (χ4n) is 1.54. The van der Waals surface area contributed by atoms with Crippen LogP contribution in [0, 0.1) is 0 Å². The van der Waals surface area contributed by atoms with E-state index >= 15 is 0 Å². The van der Waals surface area contributed by atoms with Crippen LogP contribution in [0.25, 0.3) is 0 Å². The number of benzene rings is 1. The van der Waals surface area contributed by atoms with Crippen molar-refractivity contribution in [3.63, 3.8) is 0 Å². The minimum Gasteiger partial charge on any atom is -0.494 e. The Labute approximate surface area is 95.4 Å². The van der Waals surface area contributed by atoms with Gasteiger partial charge in [0.25, 0.3) is 0 Å². The van der Waals surface area contributed by atoms with Crippen molar-refractivity contribution in [3.8, 4) is 5.75 Å². The van der Waals surface area contributed by atoms with Crippen molar-refractivity contribution in [2.75, 3.05) is 13.2 Å². The number of unbranched alkanes of at least 4 members (excludes halogenated alkanes) is 1. The van der Waals surface area contributed by atoms with E-state index in [4.69, 9.17) is 9.47 Å². The molecule has 1 aromatic rings. The number of rotatable bonds is 7. The van der Waals surface area contributed by atoms with Crippen LogP contribution in [0.1, 0.15) is 29.6 Å². The maximum absolute atomic E-state index is 10.4. The van der Waals surface area contributed by atoms with E-state index < -0.39 is 0 Å². The highest BCUT2D eigenvalue weighted by Gasteiger charge is 2.20. The lowest BCUT2D eigenvalue weighted by molar-refractivity contribution is 0.112. The van der Waals surface area contributed by atoms with Crippen LogP contribution in [-0.2, 0) is 4.74 Å². The molecule has 0 N–H and O–H groups in total. The Hall–Kier alpha value is -1.35. The summed E-state index contributed by atoms with van der Waals surface area (Å²) in [6.45, 7) is 1.67. The summed E-state index contributed by atoms with van der Waals surface area (Å²) in [6, 6.07) is 7.18. The van der Waals surface area contributed by atoms with E-state index in [1.807, 2.05) is 12.1 Å². The molecule has 0 aliphatic carbocycles. The topological polar surface area (TPSA) is 38.8 Å². The van der Waals surface area contributed by atoms with Gasteiger partial charge < -0.3 is 9.47 Å². The van der Waals surface area contributed by atoms with E-state index in [1.165, 1.54) is 0 Å². The second kappa shape index (κ2) is 5.66. The zero-order valence-corrected chi connectivity index (χ0v) is 9.22. The summed E-state index contributed by atoms with van der Waals surface area (Å²) in [6.07, 6.45) is 4.70. The molecule has 16 heavy (non-hydrogen) atoms. The van der Waals surface area contributed by atoms with Crippen LogP contribution in [0.2, 0.25) is 0 Å². The molecule has 1 heterocycles. The number of ether oxygens (including phenoxy) is 2. The summed E-state index contributed by atoms with van der Waals surface area (Å²) < 4.78 is 10.7. The summed E-state index contributed by atoms with van der Waals surface area (Å²) in [4.78, 5) is 10.4. The van der Waals surface area contributed by atoms with Gasteiger partial charge >= 0.3 is 0 Å². The predicted octanol–water partition coefficient (Wildman–Crippen LogP) is 2.45. The highest BCUT2D eigenvalue weighted by atomic mass is 16.6. The van der Waals surface area contributed by atoms with Crippen LogP contribution in [0.3, 0.4) is 0 Å². The standard InChI is InChI=1S/C13H16O3/c14-9-11-4-6-12(7-5-11)15-8-2-1-3-13-10-16-13/h4-7,9,13H,1-3,8,10H2. The largest absolute Gasteiger partial charge is 0.494 e. The molecule has 0 amide bonds. The molecule has 1 saturated heterocycles. The number of hydrogen-bond donors (Lipinski definition) is 0. The average Bonchev–Trinajstić information content (AvgIpc) is 3.13. The van der Waals surface area contributed by atoms with Gasteiger partial charge in [-0.2, -0.15) is 0 Å². The number of epoxide rings is 1. The van der Waals surface area contributed by atoms with Crippen molar-refractivity contribution < 1.29 is 14.3 Å². The third kappa shape index (κ3) is 3.66. The second-order valence-electron chi connectivity index (χ2n) is 3.99. The quantitative estimate of drug-likeness (QED) is 0.402. The van der Waals surface area contributed by atoms with Crippen LogP contribution in [0.5, 0.6) is 5.75 Å². The third-order valence-corrected chi connectivity index (χ3v) is 2.61. The number of aldehydes is 1. The van der Waals surface area contributed by atoms with Crippen LogP contribution >= 0.6 is 0 Å². The van der Waals surface area contributed by atoms with Gasteiger partial charge in [-0.05, 0) is 43.5 Å². The van der Waals surface area contributed by atoms with Crippen LogP contribution in [0.15, 0.2) is 24.3 Å². The molecule has 1 aliphatic heterocycles. The molecule has 0 saturated carbocycles. The van der Waals surface area contributed by atoms with Gasteiger partial charge in [0.05, 0.1) is 19.3 Å². The smallest absolute Gasteiger partial charge is 0.150 e. The van der Waals surface area contributed by atoms with E-state index in [9.17, 15) is 4.79 Å². The predicted molar refractivity (Wildman–Crippen MR) is 60.9 cm³/mol. The van der Waals surface area contributed by atoms with Crippen molar-refractivity contribution in [1.29, 1.82) is 0 Å². The fraction of sp³-hybridized carbons (Fsp3) is 0.462. The van der Waals surface area contributed by atoms with Gasteiger partial charge in [0, 0.05) is 5.56 Å². The highest BCUT2D eigenvalue weighted by molar-refractivity contribution is 5.74. The molecule has 3 nitrogen and oxygen atoms in total. The number of carbonyl (C=O) groups excluding carboxylic acids is 1. The third-order valence-electron chi connectivity index (χ3n) is 2.61. The molecule has 1 aliphatic rings. The first-order valence-corrected chi connectivity index (χ1v) is 5.68. The molecule has 0 spiro atoms. The average molecular weight is 220 g/mol. The van der Waals surface area contributed by atoms with E-state index in [2.05, 4.69) is 0 Å². The van der Waals surface area contributed by atoms with Crippen molar-refractivity contribution in [3.05, 3.63) is 29.8 Å². The minimum atomic E-state index is 0.520. The molecule has 0 bridgehead atoms. The highest BCUT2D eigenvalue weighted by Crippen LogP contribution is 2.17. The van der Waals surface area contributed by atoms with Crippen molar-refractivity contribution >= 4 is 6.29 Å². The minimum absolute atomic E-state index is 0.520. The van der Waals surface area contributed by atoms with E-state index in [0.29, 0.717) is 11.7 Å². The summed E-state index contributed by atoms with van der Waals surface area (Å²) in [5, 5.41) is 0. The Kier molecular flexibility index (Phi) is 3.94. The Morgan fingerprint density at radius 2 is 2.06 bits per heavy atom. The lowest BCUT2D eigenvalue weighted by atomic mass is 10.2. The van der Waals surface area contributed by atoms with Gasteiger partial charge in [0.15, 0.2) is 0 Å². The molecule has 0 aromatic heterocycles. The zero-order chi connectivity index (χ0) is 11.2. The van der Waals surface area contributed by atoms with E-state index in [-0.39, 0.29) is 0 Å². The summed E-state index contributed by atoms with van der Waals surface area (Å²) in [7, 11) is 0. The molecule has 86 valence electrons. The molecule has 3 heteroatoms. The van der Waals surface area contributed by atoms with Crippen LogP contribution in [0.4, 0.5) is 0 Å². The lowest BCUT2D eigenvalue weighted by Gasteiger charge is -2.05. The number of carbonyl (C=O) groups is 1. The molecule has 1 fully saturated rings. The molecular weight excluding hydrogens is 204 g/mol. The molecule has 1 aromatic carbocycles. The van der Waals surface area contributed by atoms with Crippen molar-refractivity contribution in [2.45, 2.75) is 25.4 Å². The Morgan fingerprint density at radius 3 is 2.69 bits per heavy atom. The maximum Gasteiger partial charge on any atom is 0.150 e. The van der Waals surface area contributed by atoms with Gasteiger partial charge in [0.1, 0.15) is 12.0 Å². The SMILES string of the molecule is O=Cc1ccc(OCCCCC2CO2)cc1. The first-order chi connectivity index (χ1) is 7.88. The molecule has 1 unspecified atom stereocenters. The van der Waals surface area contributed by atoms with Gasteiger partial charge in [-0.15, -0.1) is 0 Å².